The van der Waals surface area contributed by atoms with E-state index in [1.807, 2.05) is 0 Å². The SMILES string of the molecule is CCn1c(=O)c(=O)[nH]c2cc(C(=O)N(Cc3ccco3)Cc3ccco3)ccc21. The van der Waals surface area contributed by atoms with E-state index in [2.05, 4.69) is 4.98 Å². The minimum absolute atomic E-state index is 0.255. The molecule has 0 unspecified atom stereocenters. The van der Waals surface area contributed by atoms with Gasteiger partial charge in [-0.25, -0.2) is 0 Å². The average Bonchev–Trinajstić information content (AvgIpc) is 3.42. The molecule has 0 fully saturated rings. The highest BCUT2D eigenvalue weighted by Gasteiger charge is 2.20. The van der Waals surface area contributed by atoms with Crippen molar-refractivity contribution in [3.63, 3.8) is 0 Å². The van der Waals surface area contributed by atoms with Crippen molar-refractivity contribution in [3.8, 4) is 0 Å². The Morgan fingerprint density at radius 2 is 1.69 bits per heavy atom. The topological polar surface area (TPSA) is 101 Å². The predicted octanol–water partition coefficient (Wildman–Crippen LogP) is 2.74. The lowest BCUT2D eigenvalue weighted by Crippen LogP contribution is -2.36. The van der Waals surface area contributed by atoms with Gasteiger partial charge in [-0.15, -0.1) is 0 Å². The van der Waals surface area contributed by atoms with Crippen LogP contribution in [0.5, 0.6) is 0 Å². The third-order valence-corrected chi connectivity index (χ3v) is 4.68. The van der Waals surface area contributed by atoms with Gasteiger partial charge in [-0.3, -0.25) is 14.4 Å². The number of rotatable bonds is 6. The number of nitrogens with one attached hydrogen (secondary N) is 1. The van der Waals surface area contributed by atoms with Gasteiger partial charge in [-0.1, -0.05) is 0 Å². The molecule has 0 aliphatic rings. The zero-order chi connectivity index (χ0) is 20.4. The van der Waals surface area contributed by atoms with Crippen LogP contribution in [0, 0.1) is 0 Å². The minimum atomic E-state index is -0.716. The number of nitrogens with zero attached hydrogens (tertiary/aromatic N) is 2. The second-order valence-electron chi connectivity index (χ2n) is 6.56. The second-order valence-corrected chi connectivity index (χ2v) is 6.56. The van der Waals surface area contributed by atoms with E-state index in [9.17, 15) is 14.4 Å². The van der Waals surface area contributed by atoms with Crippen LogP contribution in [-0.2, 0) is 19.6 Å². The quantitative estimate of drug-likeness (QED) is 0.508. The van der Waals surface area contributed by atoms with Crippen molar-refractivity contribution in [2.24, 2.45) is 0 Å². The number of carbonyl (C=O) groups is 1. The van der Waals surface area contributed by atoms with E-state index in [1.54, 1.807) is 66.8 Å². The maximum Gasteiger partial charge on any atom is 0.316 e. The summed E-state index contributed by atoms with van der Waals surface area (Å²) in [5.41, 5.74) is 0.0476. The summed E-state index contributed by atoms with van der Waals surface area (Å²) in [6, 6.07) is 12.0. The van der Waals surface area contributed by atoms with Crippen LogP contribution in [0.25, 0.3) is 11.0 Å². The van der Waals surface area contributed by atoms with E-state index in [0.717, 1.165) is 0 Å². The van der Waals surface area contributed by atoms with Gasteiger partial charge >= 0.3 is 11.1 Å². The highest BCUT2D eigenvalue weighted by atomic mass is 16.3. The van der Waals surface area contributed by atoms with Crippen LogP contribution in [0.4, 0.5) is 0 Å². The van der Waals surface area contributed by atoms with Gasteiger partial charge in [-0.05, 0) is 49.4 Å². The monoisotopic (exact) mass is 393 g/mol. The molecule has 0 saturated heterocycles. The molecule has 3 aromatic heterocycles. The molecule has 1 amide bonds. The Balaban J connectivity index is 1.73. The van der Waals surface area contributed by atoms with Gasteiger partial charge < -0.3 is 23.3 Å². The molecule has 0 atom stereocenters. The van der Waals surface area contributed by atoms with Crippen LogP contribution in [0.3, 0.4) is 0 Å². The van der Waals surface area contributed by atoms with Crippen molar-refractivity contribution in [2.45, 2.75) is 26.6 Å². The molecule has 0 aliphatic heterocycles. The Morgan fingerprint density at radius 1 is 1.03 bits per heavy atom. The molecule has 8 nitrogen and oxygen atoms in total. The van der Waals surface area contributed by atoms with Crippen molar-refractivity contribution in [2.75, 3.05) is 0 Å². The summed E-state index contributed by atoms with van der Waals surface area (Å²) < 4.78 is 12.2. The van der Waals surface area contributed by atoms with Gasteiger partial charge in [0.25, 0.3) is 5.91 Å². The normalized spacial score (nSPS) is 11.1. The summed E-state index contributed by atoms with van der Waals surface area (Å²) in [5.74, 6) is 1.02. The fraction of sp³-hybridized carbons (Fsp3) is 0.190. The first-order valence-corrected chi connectivity index (χ1v) is 9.17. The van der Waals surface area contributed by atoms with E-state index in [1.165, 1.54) is 4.57 Å². The van der Waals surface area contributed by atoms with E-state index in [0.29, 0.717) is 34.7 Å². The molecule has 8 heteroatoms. The molecule has 0 spiro atoms. The fourth-order valence-electron chi connectivity index (χ4n) is 3.29. The highest BCUT2D eigenvalue weighted by Crippen LogP contribution is 2.18. The summed E-state index contributed by atoms with van der Waals surface area (Å²) in [6.45, 7) is 2.66. The van der Waals surface area contributed by atoms with Gasteiger partial charge in [0.15, 0.2) is 0 Å². The Hall–Kier alpha value is -3.81. The third kappa shape index (κ3) is 3.64. The standard InChI is InChI=1S/C21H19N3O5/c1-2-24-18-8-7-14(11-17(18)22-19(25)21(24)27)20(26)23(12-15-5-3-9-28-15)13-16-6-4-10-29-16/h3-11H,2,12-13H2,1H3,(H,22,25). The van der Waals surface area contributed by atoms with Gasteiger partial charge in [-0.2, -0.15) is 0 Å². The van der Waals surface area contributed by atoms with Crippen molar-refractivity contribution in [1.29, 1.82) is 0 Å². The van der Waals surface area contributed by atoms with Crippen LogP contribution in [0.1, 0.15) is 28.8 Å². The third-order valence-electron chi connectivity index (χ3n) is 4.68. The molecule has 0 saturated carbocycles. The second kappa shape index (κ2) is 7.67. The number of hydrogen-bond donors (Lipinski definition) is 1. The maximum atomic E-state index is 13.2. The number of aromatic nitrogens is 2. The number of aromatic amines is 1. The number of furan rings is 2. The first-order valence-electron chi connectivity index (χ1n) is 9.17. The van der Waals surface area contributed by atoms with E-state index < -0.39 is 11.1 Å². The maximum absolute atomic E-state index is 13.2. The van der Waals surface area contributed by atoms with Crippen LogP contribution < -0.4 is 11.1 Å². The molecule has 0 aliphatic carbocycles. The van der Waals surface area contributed by atoms with Crippen LogP contribution >= 0.6 is 0 Å². The molecule has 148 valence electrons. The van der Waals surface area contributed by atoms with Gasteiger partial charge in [0.05, 0.1) is 36.6 Å². The molecule has 3 heterocycles. The summed E-state index contributed by atoms with van der Waals surface area (Å²) in [6.07, 6.45) is 3.10. The molecular weight excluding hydrogens is 374 g/mol. The summed E-state index contributed by atoms with van der Waals surface area (Å²) >= 11 is 0. The van der Waals surface area contributed by atoms with Crippen LogP contribution in [0.15, 0.2) is 73.4 Å². The average molecular weight is 393 g/mol. The summed E-state index contributed by atoms with van der Waals surface area (Å²) in [7, 11) is 0. The minimum Gasteiger partial charge on any atom is -0.467 e. The Kier molecular flexibility index (Phi) is 4.90. The molecular formula is C21H19N3O5. The number of amides is 1. The lowest BCUT2D eigenvalue weighted by molar-refractivity contribution is 0.0705. The highest BCUT2D eigenvalue weighted by molar-refractivity contribution is 5.97. The molecule has 0 bridgehead atoms. The fourth-order valence-corrected chi connectivity index (χ4v) is 3.29. The molecule has 1 aromatic carbocycles. The number of hydrogen-bond acceptors (Lipinski definition) is 5. The molecule has 1 N–H and O–H groups in total. The van der Waals surface area contributed by atoms with E-state index in [-0.39, 0.29) is 19.0 Å². The first-order chi connectivity index (χ1) is 14.1. The lowest BCUT2D eigenvalue weighted by atomic mass is 10.1. The Bertz CT molecular complexity index is 1210. The van der Waals surface area contributed by atoms with Crippen molar-refractivity contribution in [3.05, 3.63) is 92.8 Å². The number of benzene rings is 1. The van der Waals surface area contributed by atoms with Crippen molar-refractivity contribution in [1.82, 2.24) is 14.5 Å². The molecule has 4 rings (SSSR count). The smallest absolute Gasteiger partial charge is 0.316 e. The number of carbonyl (C=O) groups excluding carboxylic acids is 1. The van der Waals surface area contributed by atoms with Gasteiger partial charge in [0.2, 0.25) is 0 Å². The van der Waals surface area contributed by atoms with Crippen molar-refractivity contribution >= 4 is 16.9 Å². The summed E-state index contributed by atoms with van der Waals surface area (Å²) in [4.78, 5) is 41.3. The number of fused-ring (bicyclic) bond motifs is 1. The zero-order valence-corrected chi connectivity index (χ0v) is 15.8. The first kappa shape index (κ1) is 18.5. The Labute approximate surface area is 165 Å². The van der Waals surface area contributed by atoms with Gasteiger partial charge in [0, 0.05) is 12.1 Å². The Morgan fingerprint density at radius 3 is 2.24 bits per heavy atom. The predicted molar refractivity (Wildman–Crippen MR) is 105 cm³/mol. The van der Waals surface area contributed by atoms with E-state index in [4.69, 9.17) is 8.83 Å². The van der Waals surface area contributed by atoms with Crippen molar-refractivity contribution < 1.29 is 13.6 Å². The molecule has 29 heavy (non-hydrogen) atoms. The zero-order valence-electron chi connectivity index (χ0n) is 15.8. The lowest BCUT2D eigenvalue weighted by Gasteiger charge is -2.21. The largest absolute Gasteiger partial charge is 0.467 e. The van der Waals surface area contributed by atoms with Crippen LogP contribution in [-0.4, -0.2) is 20.4 Å². The number of H-pyrrole nitrogens is 1. The number of aryl methyl sites for hydroxylation is 1. The van der Waals surface area contributed by atoms with Crippen LogP contribution in [0.2, 0.25) is 0 Å². The summed E-state index contributed by atoms with van der Waals surface area (Å²) in [5, 5.41) is 0. The van der Waals surface area contributed by atoms with E-state index >= 15 is 0 Å². The molecule has 4 aromatic rings. The molecule has 0 radical (unpaired) electrons. The van der Waals surface area contributed by atoms with Gasteiger partial charge in [0.1, 0.15) is 11.5 Å².